The maximum atomic E-state index is 11.9. The van der Waals surface area contributed by atoms with Crippen molar-refractivity contribution >= 4 is 15.7 Å². The van der Waals surface area contributed by atoms with Gasteiger partial charge in [-0.25, -0.2) is 8.42 Å². The highest BCUT2D eigenvalue weighted by Gasteiger charge is 2.32. The van der Waals surface area contributed by atoms with Crippen LogP contribution in [0.15, 0.2) is 18.2 Å². The first-order valence-electron chi connectivity index (χ1n) is 6.42. The molecule has 1 aliphatic rings. The van der Waals surface area contributed by atoms with Crippen LogP contribution in [0.5, 0.6) is 0 Å². The van der Waals surface area contributed by atoms with Crippen LogP contribution in [0.4, 0.5) is 0 Å². The van der Waals surface area contributed by atoms with Crippen LogP contribution in [0.3, 0.4) is 0 Å². The van der Waals surface area contributed by atoms with Gasteiger partial charge in [-0.2, -0.15) is 0 Å². The molecule has 0 aliphatic carbocycles. The first-order valence-corrected chi connectivity index (χ1v) is 8.24. The quantitative estimate of drug-likeness (QED) is 0.909. The van der Waals surface area contributed by atoms with E-state index < -0.39 is 9.84 Å². The molecule has 0 radical (unpaired) electrons. The molecule has 1 fully saturated rings. The number of benzene rings is 1. The highest BCUT2D eigenvalue weighted by Crippen LogP contribution is 2.18. The second-order valence-electron chi connectivity index (χ2n) is 5.25. The molecule has 19 heavy (non-hydrogen) atoms. The van der Waals surface area contributed by atoms with Crippen molar-refractivity contribution in [3.8, 4) is 0 Å². The van der Waals surface area contributed by atoms with Crippen molar-refractivity contribution in [3.63, 3.8) is 0 Å². The van der Waals surface area contributed by atoms with Gasteiger partial charge in [0.1, 0.15) is 0 Å². The fraction of sp³-hybridized carbons (Fsp3) is 0.500. The summed E-state index contributed by atoms with van der Waals surface area (Å²) in [7, 11) is -3.00. The van der Waals surface area contributed by atoms with Gasteiger partial charge in [-0.1, -0.05) is 23.8 Å². The van der Waals surface area contributed by atoms with Gasteiger partial charge in [0.05, 0.1) is 17.4 Å². The Morgan fingerprint density at radius 3 is 2.68 bits per heavy atom. The maximum Gasteiger partial charge on any atom is 0.224 e. The van der Waals surface area contributed by atoms with E-state index in [2.05, 4.69) is 11.4 Å². The number of amides is 1. The van der Waals surface area contributed by atoms with Crippen molar-refractivity contribution in [3.05, 3.63) is 34.9 Å². The number of carbonyl (C=O) groups excluding carboxylic acids is 1. The third kappa shape index (κ3) is 3.56. The van der Waals surface area contributed by atoms with Gasteiger partial charge in [-0.05, 0) is 31.4 Å². The summed E-state index contributed by atoms with van der Waals surface area (Å²) in [6.45, 7) is 4.49. The Labute approximate surface area is 114 Å². The second-order valence-corrected chi connectivity index (χ2v) is 7.48. The average molecular weight is 281 g/mol. The lowest BCUT2D eigenvalue weighted by atomic mass is 10.0. The lowest BCUT2D eigenvalue weighted by Gasteiger charge is -2.11. The maximum absolute atomic E-state index is 11.9. The number of rotatable bonds is 3. The predicted molar refractivity (Wildman–Crippen MR) is 74.5 cm³/mol. The van der Waals surface area contributed by atoms with E-state index in [0.29, 0.717) is 13.0 Å². The van der Waals surface area contributed by atoms with Crippen LogP contribution in [0, 0.1) is 19.8 Å². The van der Waals surface area contributed by atoms with Crippen LogP contribution in [0.25, 0.3) is 0 Å². The van der Waals surface area contributed by atoms with E-state index in [1.807, 2.05) is 26.0 Å². The van der Waals surface area contributed by atoms with Crippen molar-refractivity contribution in [1.82, 2.24) is 5.32 Å². The number of carbonyl (C=O) groups is 1. The topological polar surface area (TPSA) is 63.2 Å². The number of hydrogen-bond acceptors (Lipinski definition) is 3. The van der Waals surface area contributed by atoms with E-state index in [-0.39, 0.29) is 23.3 Å². The van der Waals surface area contributed by atoms with Gasteiger partial charge in [0.25, 0.3) is 0 Å². The Bertz CT molecular complexity index is 593. The second kappa shape index (κ2) is 5.33. The molecule has 1 aromatic rings. The SMILES string of the molecule is Cc1ccc(CNC(=O)C2CCS(=O)(=O)C2)c(C)c1. The molecule has 1 N–H and O–H groups in total. The minimum atomic E-state index is -3.00. The molecule has 1 atom stereocenters. The van der Waals surface area contributed by atoms with Gasteiger partial charge >= 0.3 is 0 Å². The molecule has 1 heterocycles. The van der Waals surface area contributed by atoms with Crippen molar-refractivity contribution in [2.45, 2.75) is 26.8 Å². The van der Waals surface area contributed by atoms with Gasteiger partial charge in [-0.15, -0.1) is 0 Å². The van der Waals surface area contributed by atoms with Crippen molar-refractivity contribution in [2.24, 2.45) is 5.92 Å². The summed E-state index contributed by atoms with van der Waals surface area (Å²) < 4.78 is 22.7. The minimum Gasteiger partial charge on any atom is -0.352 e. The number of sulfone groups is 1. The summed E-state index contributed by atoms with van der Waals surface area (Å²) in [4.78, 5) is 11.9. The molecule has 104 valence electrons. The number of hydrogen-bond donors (Lipinski definition) is 1. The zero-order valence-corrected chi connectivity index (χ0v) is 12.1. The number of nitrogens with one attached hydrogen (secondary N) is 1. The Balaban J connectivity index is 1.94. The van der Waals surface area contributed by atoms with Crippen LogP contribution in [0.2, 0.25) is 0 Å². The molecule has 1 aromatic carbocycles. The molecule has 4 nitrogen and oxygen atoms in total. The van der Waals surface area contributed by atoms with Gasteiger partial charge < -0.3 is 5.32 Å². The van der Waals surface area contributed by atoms with Gasteiger partial charge in [0, 0.05) is 6.54 Å². The third-order valence-electron chi connectivity index (χ3n) is 3.55. The largest absolute Gasteiger partial charge is 0.352 e. The van der Waals surface area contributed by atoms with Crippen LogP contribution >= 0.6 is 0 Å². The Hall–Kier alpha value is -1.36. The van der Waals surface area contributed by atoms with E-state index in [4.69, 9.17) is 0 Å². The van der Waals surface area contributed by atoms with Crippen LogP contribution in [0.1, 0.15) is 23.1 Å². The Morgan fingerprint density at radius 1 is 1.37 bits per heavy atom. The zero-order chi connectivity index (χ0) is 14.0. The molecular formula is C14H19NO3S. The monoisotopic (exact) mass is 281 g/mol. The molecule has 0 saturated carbocycles. The summed E-state index contributed by atoms with van der Waals surface area (Å²) in [6, 6.07) is 6.08. The highest BCUT2D eigenvalue weighted by molar-refractivity contribution is 7.91. The Morgan fingerprint density at radius 2 is 2.11 bits per heavy atom. The average Bonchev–Trinajstić information content (AvgIpc) is 2.68. The van der Waals surface area contributed by atoms with Crippen LogP contribution in [-0.4, -0.2) is 25.8 Å². The van der Waals surface area contributed by atoms with Crippen LogP contribution < -0.4 is 5.32 Å². The lowest BCUT2D eigenvalue weighted by Crippen LogP contribution is -2.31. The van der Waals surface area contributed by atoms with Crippen LogP contribution in [-0.2, 0) is 21.2 Å². The van der Waals surface area contributed by atoms with Gasteiger partial charge in [0.15, 0.2) is 9.84 Å². The molecule has 5 heteroatoms. The number of aryl methyl sites for hydroxylation is 2. The summed E-state index contributed by atoms with van der Waals surface area (Å²) in [5.41, 5.74) is 3.40. The fourth-order valence-corrected chi connectivity index (χ4v) is 4.11. The molecule has 1 unspecified atom stereocenters. The van der Waals surface area contributed by atoms with E-state index >= 15 is 0 Å². The zero-order valence-electron chi connectivity index (χ0n) is 11.3. The standard InChI is InChI=1S/C14H19NO3S/c1-10-3-4-12(11(2)7-10)8-15-14(16)13-5-6-19(17,18)9-13/h3-4,7,13H,5-6,8-9H2,1-2H3,(H,15,16). The first-order chi connectivity index (χ1) is 8.87. The molecular weight excluding hydrogens is 262 g/mol. The lowest BCUT2D eigenvalue weighted by molar-refractivity contribution is -0.124. The smallest absolute Gasteiger partial charge is 0.224 e. The first kappa shape index (κ1) is 14.1. The molecule has 0 bridgehead atoms. The third-order valence-corrected chi connectivity index (χ3v) is 5.32. The summed E-state index contributed by atoms with van der Waals surface area (Å²) in [5, 5.41) is 2.84. The summed E-state index contributed by atoms with van der Waals surface area (Å²) >= 11 is 0. The van der Waals surface area contributed by atoms with E-state index in [9.17, 15) is 13.2 Å². The highest BCUT2D eigenvalue weighted by atomic mass is 32.2. The van der Waals surface area contributed by atoms with E-state index in [0.717, 1.165) is 11.1 Å². The Kier molecular flexibility index (Phi) is 3.94. The van der Waals surface area contributed by atoms with Crippen molar-refractivity contribution < 1.29 is 13.2 Å². The molecule has 1 saturated heterocycles. The summed E-state index contributed by atoms with van der Waals surface area (Å²) in [6.07, 6.45) is 0.445. The van der Waals surface area contributed by atoms with Crippen molar-refractivity contribution in [2.75, 3.05) is 11.5 Å². The minimum absolute atomic E-state index is 0.00822. The van der Waals surface area contributed by atoms with Gasteiger partial charge in [-0.3, -0.25) is 4.79 Å². The molecule has 0 spiro atoms. The molecule has 1 amide bonds. The van der Waals surface area contributed by atoms with Crippen molar-refractivity contribution in [1.29, 1.82) is 0 Å². The van der Waals surface area contributed by atoms with E-state index in [1.165, 1.54) is 5.56 Å². The molecule has 2 rings (SSSR count). The normalized spacial score (nSPS) is 21.3. The molecule has 0 aromatic heterocycles. The fourth-order valence-electron chi connectivity index (χ4n) is 2.37. The van der Waals surface area contributed by atoms with E-state index in [1.54, 1.807) is 0 Å². The predicted octanol–water partition coefficient (Wildman–Crippen LogP) is 1.35. The van der Waals surface area contributed by atoms with Gasteiger partial charge in [0.2, 0.25) is 5.91 Å². The molecule has 1 aliphatic heterocycles. The summed E-state index contributed by atoms with van der Waals surface area (Å²) in [5.74, 6) is -0.405.